The van der Waals surface area contributed by atoms with Gasteiger partial charge in [0.15, 0.2) is 0 Å². The molecule has 1 amide bonds. The number of hydrogen-bond acceptors (Lipinski definition) is 6. The van der Waals surface area contributed by atoms with Gasteiger partial charge in [0.1, 0.15) is 11.8 Å². The molecule has 0 aliphatic rings. The normalized spacial score (nSPS) is 9.59. The topological polar surface area (TPSA) is 128 Å². The van der Waals surface area contributed by atoms with Gasteiger partial charge in [-0.2, -0.15) is 10.5 Å². The van der Waals surface area contributed by atoms with Gasteiger partial charge in [-0.1, -0.05) is 11.2 Å². The summed E-state index contributed by atoms with van der Waals surface area (Å²) in [5, 5.41) is 33.1. The fraction of sp³-hybridized carbons (Fsp3) is 0. The van der Waals surface area contributed by atoms with Gasteiger partial charge < -0.3 is 5.11 Å². The van der Waals surface area contributed by atoms with Crippen molar-refractivity contribution < 1.29 is 9.90 Å². The summed E-state index contributed by atoms with van der Waals surface area (Å²) in [6, 6.07) is 6.04. The first kappa shape index (κ1) is 10.6. The lowest BCUT2D eigenvalue weighted by Gasteiger charge is -2.04. The van der Waals surface area contributed by atoms with E-state index in [2.05, 4.69) is 25.9 Å². The second-order valence-corrected chi connectivity index (χ2v) is 3.00. The molecule has 17 heavy (non-hydrogen) atoms. The van der Waals surface area contributed by atoms with Gasteiger partial charge in [-0.3, -0.25) is 10.1 Å². The number of rotatable bonds is 2. The molecule has 0 unspecified atom stereocenters. The van der Waals surface area contributed by atoms with Crippen molar-refractivity contribution in [2.45, 2.75) is 0 Å². The number of hydrogen-bond donors (Lipinski definition) is 3. The summed E-state index contributed by atoms with van der Waals surface area (Å²) in [6.45, 7) is 0. The van der Waals surface area contributed by atoms with Gasteiger partial charge in [0, 0.05) is 0 Å². The number of nitrogens with one attached hydrogen (secondary N) is 2. The van der Waals surface area contributed by atoms with Crippen LogP contribution in [0.4, 0.5) is 5.95 Å². The quantitative estimate of drug-likeness (QED) is 0.667. The van der Waals surface area contributed by atoms with Crippen LogP contribution in [0.3, 0.4) is 0 Å². The fourth-order valence-electron chi connectivity index (χ4n) is 1.20. The van der Waals surface area contributed by atoms with Crippen LogP contribution in [0.15, 0.2) is 18.2 Å². The molecular weight excluding hydrogens is 224 g/mol. The highest BCUT2D eigenvalue weighted by molar-refractivity contribution is 6.05. The largest absolute Gasteiger partial charge is 0.506 e. The molecule has 0 aliphatic carbocycles. The molecule has 8 nitrogen and oxygen atoms in total. The number of nitrogens with zero attached hydrogens (tertiary/aromatic N) is 4. The van der Waals surface area contributed by atoms with E-state index < -0.39 is 5.91 Å². The summed E-state index contributed by atoms with van der Waals surface area (Å²) in [7, 11) is 0. The predicted molar refractivity (Wildman–Crippen MR) is 55.0 cm³/mol. The average molecular weight is 230 g/mol. The van der Waals surface area contributed by atoms with Crippen LogP contribution in [0.5, 0.6) is 5.75 Å². The van der Waals surface area contributed by atoms with Crippen LogP contribution in [-0.2, 0) is 0 Å². The maximum absolute atomic E-state index is 11.7. The second-order valence-electron chi connectivity index (χ2n) is 3.00. The lowest BCUT2D eigenvalue weighted by molar-refractivity contribution is 0.102. The minimum Gasteiger partial charge on any atom is -0.506 e. The Hall–Kier alpha value is -2.95. The number of phenols is 1. The van der Waals surface area contributed by atoms with Crippen molar-refractivity contribution in [2.24, 2.45) is 0 Å². The standard InChI is InChI=1S/C9H6N6O2/c10-4-5-2-1-3-6(7(5)16)8(17)11-9-12-14-15-13-9/h1-3,16H,(H2,11,12,13,14,15,17). The lowest BCUT2D eigenvalue weighted by Crippen LogP contribution is -2.13. The van der Waals surface area contributed by atoms with Crippen molar-refractivity contribution >= 4 is 11.9 Å². The van der Waals surface area contributed by atoms with Crippen LogP contribution in [0.1, 0.15) is 15.9 Å². The van der Waals surface area contributed by atoms with Gasteiger partial charge in [-0.05, 0) is 17.3 Å². The van der Waals surface area contributed by atoms with Crippen molar-refractivity contribution in [2.75, 3.05) is 5.32 Å². The molecule has 0 radical (unpaired) electrons. The van der Waals surface area contributed by atoms with Crippen molar-refractivity contribution in [3.05, 3.63) is 29.3 Å². The van der Waals surface area contributed by atoms with Gasteiger partial charge in [0.25, 0.3) is 11.9 Å². The number of carbonyl (C=O) groups excluding carboxylic acids is 1. The SMILES string of the molecule is N#Cc1cccc(C(=O)Nc2nn[nH]n2)c1O. The number of aromatic hydroxyl groups is 1. The minimum atomic E-state index is -0.624. The van der Waals surface area contributed by atoms with E-state index in [0.717, 1.165) is 0 Å². The zero-order valence-corrected chi connectivity index (χ0v) is 8.38. The Kier molecular flexibility index (Phi) is 2.66. The summed E-state index contributed by atoms with van der Waals surface area (Å²) >= 11 is 0. The highest BCUT2D eigenvalue weighted by atomic mass is 16.3. The fourth-order valence-corrected chi connectivity index (χ4v) is 1.20. The van der Waals surface area contributed by atoms with Crippen molar-refractivity contribution in [3.63, 3.8) is 0 Å². The van der Waals surface area contributed by atoms with E-state index in [4.69, 9.17) is 5.26 Å². The summed E-state index contributed by atoms with van der Waals surface area (Å²) in [6.07, 6.45) is 0. The van der Waals surface area contributed by atoms with Crippen LogP contribution in [-0.4, -0.2) is 31.6 Å². The monoisotopic (exact) mass is 230 g/mol. The minimum absolute atomic E-state index is 0.0169. The summed E-state index contributed by atoms with van der Waals surface area (Å²) < 4.78 is 0. The Morgan fingerprint density at radius 2 is 2.35 bits per heavy atom. The molecule has 0 atom stereocenters. The van der Waals surface area contributed by atoms with Gasteiger partial charge in [0.05, 0.1) is 11.1 Å². The number of tetrazole rings is 1. The Labute approximate surface area is 94.9 Å². The number of H-pyrrole nitrogens is 1. The maximum atomic E-state index is 11.7. The Morgan fingerprint density at radius 3 is 3.00 bits per heavy atom. The highest BCUT2D eigenvalue weighted by Crippen LogP contribution is 2.21. The van der Waals surface area contributed by atoms with E-state index in [9.17, 15) is 9.90 Å². The van der Waals surface area contributed by atoms with Gasteiger partial charge in [0.2, 0.25) is 0 Å². The van der Waals surface area contributed by atoms with Gasteiger partial charge >= 0.3 is 0 Å². The molecule has 0 saturated carbocycles. The number of benzene rings is 1. The molecule has 2 aromatic rings. The predicted octanol–water partition coefficient (Wildman–Crippen LogP) is 0.0293. The molecule has 1 heterocycles. The number of carbonyl (C=O) groups is 1. The average Bonchev–Trinajstić information content (AvgIpc) is 2.82. The molecular formula is C9H6N6O2. The number of nitriles is 1. The van der Waals surface area contributed by atoms with Crippen LogP contribution in [0.2, 0.25) is 0 Å². The summed E-state index contributed by atoms with van der Waals surface area (Å²) in [5.41, 5.74) is -0.0142. The van der Waals surface area contributed by atoms with Gasteiger partial charge in [-0.25, -0.2) is 0 Å². The molecule has 0 bridgehead atoms. The number of amides is 1. The van der Waals surface area contributed by atoms with E-state index in [-0.39, 0.29) is 22.8 Å². The van der Waals surface area contributed by atoms with Crippen LogP contribution in [0.25, 0.3) is 0 Å². The molecule has 0 saturated heterocycles. The molecule has 2 rings (SSSR count). The smallest absolute Gasteiger partial charge is 0.270 e. The number of aromatic amines is 1. The molecule has 0 spiro atoms. The molecule has 0 aliphatic heterocycles. The first-order valence-corrected chi connectivity index (χ1v) is 4.49. The molecule has 1 aromatic carbocycles. The molecule has 0 fully saturated rings. The molecule has 84 valence electrons. The van der Waals surface area contributed by atoms with E-state index in [1.807, 2.05) is 0 Å². The third-order valence-corrected chi connectivity index (χ3v) is 1.97. The van der Waals surface area contributed by atoms with Crippen LogP contribution < -0.4 is 5.32 Å². The van der Waals surface area contributed by atoms with Gasteiger partial charge in [-0.15, -0.1) is 5.10 Å². The highest BCUT2D eigenvalue weighted by Gasteiger charge is 2.15. The van der Waals surface area contributed by atoms with Crippen LogP contribution in [0, 0.1) is 11.3 Å². The van der Waals surface area contributed by atoms with E-state index in [0.29, 0.717) is 0 Å². The number of aromatic nitrogens is 4. The first-order chi connectivity index (χ1) is 8.22. The number of anilines is 1. The van der Waals surface area contributed by atoms with Crippen molar-refractivity contribution in [1.29, 1.82) is 5.26 Å². The Balaban J connectivity index is 2.29. The molecule has 1 aromatic heterocycles. The molecule has 8 heteroatoms. The lowest BCUT2D eigenvalue weighted by atomic mass is 10.1. The zero-order valence-electron chi connectivity index (χ0n) is 8.38. The number of para-hydroxylation sites is 1. The first-order valence-electron chi connectivity index (χ1n) is 4.49. The van der Waals surface area contributed by atoms with Crippen molar-refractivity contribution in [1.82, 2.24) is 20.6 Å². The summed E-state index contributed by atoms with van der Waals surface area (Å²) in [4.78, 5) is 11.7. The molecule has 3 N–H and O–H groups in total. The maximum Gasteiger partial charge on any atom is 0.270 e. The summed E-state index contributed by atoms with van der Waals surface area (Å²) in [5.74, 6) is -1.02. The third kappa shape index (κ3) is 2.03. The van der Waals surface area contributed by atoms with E-state index in [1.165, 1.54) is 18.2 Å². The number of phenolic OH excluding ortho intramolecular Hbond substituents is 1. The Bertz CT molecular complexity index is 586. The Morgan fingerprint density at radius 1 is 1.53 bits per heavy atom. The van der Waals surface area contributed by atoms with E-state index in [1.54, 1.807) is 6.07 Å². The zero-order chi connectivity index (χ0) is 12.3. The van der Waals surface area contributed by atoms with Crippen LogP contribution >= 0.6 is 0 Å². The third-order valence-electron chi connectivity index (χ3n) is 1.97. The second kappa shape index (κ2) is 4.28. The van der Waals surface area contributed by atoms with E-state index >= 15 is 0 Å². The van der Waals surface area contributed by atoms with Crippen molar-refractivity contribution in [3.8, 4) is 11.8 Å².